The zero-order valence-electron chi connectivity index (χ0n) is 10.3. The fourth-order valence-electron chi connectivity index (χ4n) is 1.48. The number of hydrogen-bond acceptors (Lipinski definition) is 4. The molecule has 0 aliphatic heterocycles. The van der Waals surface area contributed by atoms with E-state index in [0.29, 0.717) is 12.3 Å². The molecule has 16 heavy (non-hydrogen) atoms. The minimum Gasteiger partial charge on any atom is -0.463 e. The topological polar surface area (TPSA) is 66.8 Å². The second kappa shape index (κ2) is 9.60. The third kappa shape index (κ3) is 7.65. The molecule has 0 saturated heterocycles. The Bertz CT molecular complexity index is 182. The predicted molar refractivity (Wildman–Crippen MR) is 62.0 cm³/mol. The molecule has 0 aromatic rings. The highest BCUT2D eigenvalue weighted by atomic mass is 16.5. The summed E-state index contributed by atoms with van der Waals surface area (Å²) < 4.78 is 4.86. The van der Waals surface area contributed by atoms with E-state index in [-0.39, 0.29) is 19.2 Å². The molecule has 96 valence electrons. The minimum atomic E-state index is -0.959. The molecule has 0 radical (unpaired) electrons. The average Bonchev–Trinajstić information content (AvgIpc) is 2.31. The van der Waals surface area contributed by atoms with Gasteiger partial charge in [-0.05, 0) is 12.3 Å². The van der Waals surface area contributed by atoms with Crippen molar-refractivity contribution in [1.82, 2.24) is 0 Å². The van der Waals surface area contributed by atoms with Gasteiger partial charge in [0.05, 0.1) is 6.61 Å². The lowest BCUT2D eigenvalue weighted by Crippen LogP contribution is -2.22. The number of hydrogen-bond donors (Lipinski definition) is 2. The summed E-state index contributed by atoms with van der Waals surface area (Å²) in [7, 11) is 0. The fourth-order valence-corrected chi connectivity index (χ4v) is 1.48. The summed E-state index contributed by atoms with van der Waals surface area (Å²) in [4.78, 5) is 11.4. The Balaban J connectivity index is 3.73. The summed E-state index contributed by atoms with van der Waals surface area (Å²) in [5, 5.41) is 17.6. The molecule has 0 aromatic carbocycles. The van der Waals surface area contributed by atoms with E-state index in [0.717, 1.165) is 25.7 Å². The van der Waals surface area contributed by atoms with E-state index in [4.69, 9.17) is 14.9 Å². The molecule has 0 saturated carbocycles. The summed E-state index contributed by atoms with van der Waals surface area (Å²) in [5.74, 6) is 0.0918. The van der Waals surface area contributed by atoms with Crippen LogP contribution in [0.4, 0.5) is 0 Å². The number of aliphatic hydroxyl groups is 2. The molecule has 0 aliphatic rings. The van der Waals surface area contributed by atoms with Gasteiger partial charge in [-0.15, -0.1) is 0 Å². The van der Waals surface area contributed by atoms with E-state index in [1.165, 1.54) is 0 Å². The number of carbonyl (C=O) groups is 1. The fraction of sp³-hybridized carbons (Fsp3) is 0.917. The smallest absolute Gasteiger partial charge is 0.306 e. The molecule has 2 N–H and O–H groups in total. The molecule has 4 heteroatoms. The standard InChI is InChI=1S/C12H24O4/c1-3-5-6-10(4-2)7-12(15)16-9-11(14)8-13/h10-11,13-14H,3-9H2,1-2H3/t10?,11-/m1/s1. The largest absolute Gasteiger partial charge is 0.463 e. The molecular formula is C12H24O4. The van der Waals surface area contributed by atoms with Gasteiger partial charge in [0.15, 0.2) is 0 Å². The number of unbranched alkanes of at least 4 members (excludes halogenated alkanes) is 1. The van der Waals surface area contributed by atoms with E-state index in [2.05, 4.69) is 13.8 Å². The molecule has 0 amide bonds. The Morgan fingerprint density at radius 3 is 2.56 bits per heavy atom. The van der Waals surface area contributed by atoms with Crippen LogP contribution < -0.4 is 0 Å². The quantitative estimate of drug-likeness (QED) is 0.591. The normalized spacial score (nSPS) is 14.5. The molecule has 0 aliphatic carbocycles. The van der Waals surface area contributed by atoms with Gasteiger partial charge in [-0.2, -0.15) is 0 Å². The van der Waals surface area contributed by atoms with Crippen LogP contribution in [0, 0.1) is 5.92 Å². The van der Waals surface area contributed by atoms with Crippen molar-refractivity contribution in [3.8, 4) is 0 Å². The highest BCUT2D eigenvalue weighted by Crippen LogP contribution is 2.17. The van der Waals surface area contributed by atoms with E-state index < -0.39 is 6.10 Å². The minimum absolute atomic E-state index is 0.112. The van der Waals surface area contributed by atoms with E-state index >= 15 is 0 Å². The van der Waals surface area contributed by atoms with Crippen molar-refractivity contribution in [1.29, 1.82) is 0 Å². The summed E-state index contributed by atoms with van der Waals surface area (Å²) in [6, 6.07) is 0. The summed E-state index contributed by atoms with van der Waals surface area (Å²) in [6.07, 6.45) is 3.73. The Kier molecular flexibility index (Phi) is 9.24. The molecule has 0 spiro atoms. The third-order valence-electron chi connectivity index (χ3n) is 2.65. The second-order valence-corrected chi connectivity index (χ2v) is 4.14. The SMILES string of the molecule is CCCCC(CC)CC(=O)OC[C@H](O)CO. The van der Waals surface area contributed by atoms with Gasteiger partial charge in [0.2, 0.25) is 0 Å². The first-order valence-corrected chi connectivity index (χ1v) is 6.08. The Morgan fingerprint density at radius 2 is 2.06 bits per heavy atom. The van der Waals surface area contributed by atoms with Crippen LogP contribution in [0.3, 0.4) is 0 Å². The van der Waals surface area contributed by atoms with Crippen LogP contribution in [0.2, 0.25) is 0 Å². The molecule has 1 unspecified atom stereocenters. The van der Waals surface area contributed by atoms with Gasteiger partial charge in [-0.25, -0.2) is 0 Å². The van der Waals surface area contributed by atoms with Crippen LogP contribution in [0.5, 0.6) is 0 Å². The zero-order valence-corrected chi connectivity index (χ0v) is 10.3. The predicted octanol–water partition coefficient (Wildman–Crippen LogP) is 1.49. The molecule has 0 heterocycles. The maximum Gasteiger partial charge on any atom is 0.306 e. The first-order chi connectivity index (χ1) is 7.63. The van der Waals surface area contributed by atoms with Gasteiger partial charge in [0.25, 0.3) is 0 Å². The molecule has 0 fully saturated rings. The monoisotopic (exact) mass is 232 g/mol. The van der Waals surface area contributed by atoms with Crippen molar-refractivity contribution in [3.63, 3.8) is 0 Å². The van der Waals surface area contributed by atoms with Crippen molar-refractivity contribution in [2.24, 2.45) is 5.92 Å². The van der Waals surface area contributed by atoms with Crippen molar-refractivity contribution >= 4 is 5.97 Å². The van der Waals surface area contributed by atoms with Crippen molar-refractivity contribution in [2.45, 2.75) is 52.1 Å². The van der Waals surface area contributed by atoms with Crippen molar-refractivity contribution in [2.75, 3.05) is 13.2 Å². The summed E-state index contributed by atoms with van der Waals surface area (Å²) in [6.45, 7) is 3.71. The van der Waals surface area contributed by atoms with Gasteiger partial charge in [0, 0.05) is 6.42 Å². The van der Waals surface area contributed by atoms with Gasteiger partial charge in [0.1, 0.15) is 12.7 Å². The van der Waals surface area contributed by atoms with Crippen LogP contribution >= 0.6 is 0 Å². The van der Waals surface area contributed by atoms with Crippen LogP contribution in [-0.2, 0) is 9.53 Å². The number of rotatable bonds is 9. The van der Waals surface area contributed by atoms with E-state index in [1.54, 1.807) is 0 Å². The summed E-state index contributed by atoms with van der Waals surface area (Å²) in [5.41, 5.74) is 0. The molecule has 0 aromatic heterocycles. The van der Waals surface area contributed by atoms with Crippen molar-refractivity contribution in [3.05, 3.63) is 0 Å². The number of esters is 1. The number of aliphatic hydroxyl groups excluding tert-OH is 2. The zero-order chi connectivity index (χ0) is 12.4. The molecule has 2 atom stereocenters. The second-order valence-electron chi connectivity index (χ2n) is 4.14. The highest BCUT2D eigenvalue weighted by molar-refractivity contribution is 5.69. The Morgan fingerprint density at radius 1 is 1.38 bits per heavy atom. The third-order valence-corrected chi connectivity index (χ3v) is 2.65. The highest BCUT2D eigenvalue weighted by Gasteiger charge is 2.14. The van der Waals surface area contributed by atoms with Crippen molar-refractivity contribution < 1.29 is 19.7 Å². The van der Waals surface area contributed by atoms with Gasteiger partial charge < -0.3 is 14.9 Å². The van der Waals surface area contributed by atoms with Crippen LogP contribution in [0.15, 0.2) is 0 Å². The lowest BCUT2D eigenvalue weighted by atomic mass is 9.96. The van der Waals surface area contributed by atoms with Crippen LogP contribution in [-0.4, -0.2) is 35.5 Å². The number of ether oxygens (including phenoxy) is 1. The first-order valence-electron chi connectivity index (χ1n) is 6.08. The lowest BCUT2D eigenvalue weighted by molar-refractivity contribution is -0.148. The van der Waals surface area contributed by atoms with Gasteiger partial charge in [-0.3, -0.25) is 4.79 Å². The molecule has 0 rings (SSSR count). The van der Waals surface area contributed by atoms with E-state index in [9.17, 15) is 4.79 Å². The number of carbonyl (C=O) groups excluding carboxylic acids is 1. The maximum absolute atomic E-state index is 11.4. The average molecular weight is 232 g/mol. The first kappa shape index (κ1) is 15.4. The van der Waals surface area contributed by atoms with Crippen LogP contribution in [0.1, 0.15) is 46.0 Å². The van der Waals surface area contributed by atoms with Crippen LogP contribution in [0.25, 0.3) is 0 Å². The lowest BCUT2D eigenvalue weighted by Gasteiger charge is -2.14. The van der Waals surface area contributed by atoms with Gasteiger partial charge in [-0.1, -0.05) is 33.1 Å². The summed E-state index contributed by atoms with van der Waals surface area (Å²) >= 11 is 0. The molecule has 0 bridgehead atoms. The Labute approximate surface area is 97.6 Å². The van der Waals surface area contributed by atoms with E-state index in [1.807, 2.05) is 0 Å². The molecule has 4 nitrogen and oxygen atoms in total. The maximum atomic E-state index is 11.4. The molecular weight excluding hydrogens is 208 g/mol. The Hall–Kier alpha value is -0.610. The van der Waals surface area contributed by atoms with Gasteiger partial charge >= 0.3 is 5.97 Å².